The van der Waals surface area contributed by atoms with Crippen molar-refractivity contribution in [3.63, 3.8) is 0 Å². The normalized spacial score (nSPS) is 17.2. The molecule has 2 heteroatoms. The predicted octanol–water partition coefficient (Wildman–Crippen LogP) is 3.58. The van der Waals surface area contributed by atoms with Crippen molar-refractivity contribution in [3.05, 3.63) is 71.8 Å². The minimum Gasteiger partial charge on any atom is -0.385 e. The molecule has 0 radical (unpaired) electrons. The van der Waals surface area contributed by atoms with Crippen LogP contribution in [0.5, 0.6) is 0 Å². The van der Waals surface area contributed by atoms with Crippen molar-refractivity contribution in [2.45, 2.75) is 37.9 Å². The van der Waals surface area contributed by atoms with E-state index >= 15 is 0 Å². The molecule has 106 valence electrons. The highest BCUT2D eigenvalue weighted by molar-refractivity contribution is 5.23. The number of hydrogen-bond acceptors (Lipinski definition) is 2. The second kappa shape index (κ2) is 5.78. The van der Waals surface area contributed by atoms with Crippen molar-refractivity contribution < 1.29 is 10.2 Å². The quantitative estimate of drug-likeness (QED) is 0.871. The summed E-state index contributed by atoms with van der Waals surface area (Å²) in [5.74, 6) is 0. The monoisotopic (exact) mass is 270 g/mol. The van der Waals surface area contributed by atoms with Gasteiger partial charge in [0.2, 0.25) is 0 Å². The Morgan fingerprint density at radius 1 is 0.650 bits per heavy atom. The van der Waals surface area contributed by atoms with E-state index < -0.39 is 11.2 Å². The Balaban J connectivity index is 2.08. The molecule has 0 aliphatic rings. The number of aliphatic hydroxyl groups is 2. The molecule has 0 amide bonds. The SMILES string of the molecule is CC(O)(CCC(C)(O)c1ccccc1)c1ccccc1. The van der Waals surface area contributed by atoms with Gasteiger partial charge >= 0.3 is 0 Å². The summed E-state index contributed by atoms with van der Waals surface area (Å²) in [7, 11) is 0. The topological polar surface area (TPSA) is 40.5 Å². The lowest BCUT2D eigenvalue weighted by Crippen LogP contribution is -2.28. The van der Waals surface area contributed by atoms with E-state index in [0.29, 0.717) is 12.8 Å². The van der Waals surface area contributed by atoms with E-state index in [4.69, 9.17) is 0 Å². The van der Waals surface area contributed by atoms with Crippen molar-refractivity contribution in [3.8, 4) is 0 Å². The minimum atomic E-state index is -0.931. The molecule has 20 heavy (non-hydrogen) atoms. The van der Waals surface area contributed by atoms with Crippen molar-refractivity contribution in [1.82, 2.24) is 0 Å². The van der Waals surface area contributed by atoms with Crippen molar-refractivity contribution >= 4 is 0 Å². The summed E-state index contributed by atoms with van der Waals surface area (Å²) in [5.41, 5.74) is -0.104. The number of hydrogen-bond donors (Lipinski definition) is 2. The Kier molecular flexibility index (Phi) is 4.26. The molecule has 2 aromatic rings. The van der Waals surface area contributed by atoms with Gasteiger partial charge in [-0.3, -0.25) is 0 Å². The van der Waals surface area contributed by atoms with E-state index in [-0.39, 0.29) is 0 Å². The molecule has 2 atom stereocenters. The summed E-state index contributed by atoms with van der Waals surface area (Å²) >= 11 is 0. The highest BCUT2D eigenvalue weighted by atomic mass is 16.3. The van der Waals surface area contributed by atoms with Crippen LogP contribution in [0.3, 0.4) is 0 Å². The maximum atomic E-state index is 10.6. The first-order chi connectivity index (χ1) is 9.42. The molecular weight excluding hydrogens is 248 g/mol. The Hall–Kier alpha value is -1.64. The van der Waals surface area contributed by atoms with Crippen molar-refractivity contribution in [2.24, 2.45) is 0 Å². The Bertz CT molecular complexity index is 478. The zero-order chi connectivity index (χ0) is 14.6. The van der Waals surface area contributed by atoms with E-state index in [9.17, 15) is 10.2 Å². The first-order valence-electron chi connectivity index (χ1n) is 6.98. The largest absolute Gasteiger partial charge is 0.385 e. The van der Waals surface area contributed by atoms with Gasteiger partial charge < -0.3 is 10.2 Å². The van der Waals surface area contributed by atoms with Gasteiger partial charge in [0.25, 0.3) is 0 Å². The fourth-order valence-corrected chi connectivity index (χ4v) is 2.37. The molecule has 0 aliphatic heterocycles. The van der Waals surface area contributed by atoms with E-state index in [1.165, 1.54) is 0 Å². The first-order valence-corrected chi connectivity index (χ1v) is 6.98. The third-order valence-corrected chi connectivity index (χ3v) is 3.89. The predicted molar refractivity (Wildman–Crippen MR) is 81.3 cm³/mol. The van der Waals surface area contributed by atoms with E-state index in [1.54, 1.807) is 13.8 Å². The molecule has 0 aromatic heterocycles. The van der Waals surface area contributed by atoms with Crippen LogP contribution in [-0.2, 0) is 11.2 Å². The number of rotatable bonds is 5. The lowest BCUT2D eigenvalue weighted by atomic mass is 9.84. The summed E-state index contributed by atoms with van der Waals surface area (Å²) in [5, 5.41) is 21.2. The van der Waals surface area contributed by atoms with Crippen LogP contribution in [0.15, 0.2) is 60.7 Å². The van der Waals surface area contributed by atoms with Crippen molar-refractivity contribution in [1.29, 1.82) is 0 Å². The van der Waals surface area contributed by atoms with Gasteiger partial charge in [-0.15, -0.1) is 0 Å². The molecule has 0 saturated heterocycles. The summed E-state index contributed by atoms with van der Waals surface area (Å²) in [4.78, 5) is 0. The van der Waals surface area contributed by atoms with Crippen LogP contribution >= 0.6 is 0 Å². The molecule has 2 N–H and O–H groups in total. The summed E-state index contributed by atoms with van der Waals surface area (Å²) in [6, 6.07) is 19.2. The van der Waals surface area contributed by atoms with Crippen LogP contribution < -0.4 is 0 Å². The van der Waals surface area contributed by atoms with Crippen LogP contribution in [0.2, 0.25) is 0 Å². The second-order valence-electron chi connectivity index (χ2n) is 5.78. The van der Waals surface area contributed by atoms with Gasteiger partial charge in [-0.05, 0) is 37.8 Å². The maximum absolute atomic E-state index is 10.6. The number of benzene rings is 2. The van der Waals surface area contributed by atoms with Gasteiger partial charge in [0, 0.05) is 0 Å². The lowest BCUT2D eigenvalue weighted by Gasteiger charge is -2.30. The highest BCUT2D eigenvalue weighted by Crippen LogP contribution is 2.33. The molecule has 0 saturated carbocycles. The average Bonchev–Trinajstić information content (AvgIpc) is 2.47. The van der Waals surface area contributed by atoms with Gasteiger partial charge in [0.05, 0.1) is 11.2 Å². The third-order valence-electron chi connectivity index (χ3n) is 3.89. The fourth-order valence-electron chi connectivity index (χ4n) is 2.37. The summed E-state index contributed by atoms with van der Waals surface area (Å²) < 4.78 is 0. The van der Waals surface area contributed by atoms with Crippen LogP contribution in [0, 0.1) is 0 Å². The van der Waals surface area contributed by atoms with Crippen LogP contribution in [0.4, 0.5) is 0 Å². The van der Waals surface area contributed by atoms with Crippen LogP contribution in [-0.4, -0.2) is 10.2 Å². The molecule has 0 bridgehead atoms. The Morgan fingerprint density at radius 3 is 1.25 bits per heavy atom. The average molecular weight is 270 g/mol. The lowest BCUT2D eigenvalue weighted by molar-refractivity contribution is -0.00774. The van der Waals surface area contributed by atoms with E-state index in [0.717, 1.165) is 11.1 Å². The zero-order valence-corrected chi connectivity index (χ0v) is 12.1. The van der Waals surface area contributed by atoms with Crippen LogP contribution in [0.1, 0.15) is 37.8 Å². The molecule has 0 aliphatic carbocycles. The Morgan fingerprint density at radius 2 is 0.950 bits per heavy atom. The zero-order valence-electron chi connectivity index (χ0n) is 12.1. The highest BCUT2D eigenvalue weighted by Gasteiger charge is 2.29. The van der Waals surface area contributed by atoms with E-state index in [1.807, 2.05) is 60.7 Å². The van der Waals surface area contributed by atoms with Gasteiger partial charge in [-0.25, -0.2) is 0 Å². The molecule has 2 unspecified atom stereocenters. The van der Waals surface area contributed by atoms with Crippen molar-refractivity contribution in [2.75, 3.05) is 0 Å². The standard InChI is InChI=1S/C18H22O2/c1-17(19,15-9-5-3-6-10-15)13-14-18(2,20)16-11-7-4-8-12-16/h3-12,19-20H,13-14H2,1-2H3. The molecule has 0 spiro atoms. The smallest absolute Gasteiger partial charge is 0.0869 e. The summed E-state index contributed by atoms with van der Waals surface area (Å²) in [6.45, 7) is 3.59. The maximum Gasteiger partial charge on any atom is 0.0869 e. The molecular formula is C18H22O2. The molecule has 0 heterocycles. The van der Waals surface area contributed by atoms with Gasteiger partial charge in [0.15, 0.2) is 0 Å². The Labute approximate surface area is 120 Å². The third kappa shape index (κ3) is 3.47. The van der Waals surface area contributed by atoms with Crippen LogP contribution in [0.25, 0.3) is 0 Å². The van der Waals surface area contributed by atoms with Gasteiger partial charge in [0.1, 0.15) is 0 Å². The van der Waals surface area contributed by atoms with Gasteiger partial charge in [-0.1, -0.05) is 60.7 Å². The van der Waals surface area contributed by atoms with E-state index in [2.05, 4.69) is 0 Å². The first kappa shape index (κ1) is 14.8. The van der Waals surface area contributed by atoms with Gasteiger partial charge in [-0.2, -0.15) is 0 Å². The minimum absolute atomic E-state index is 0.499. The molecule has 2 nitrogen and oxygen atoms in total. The fraction of sp³-hybridized carbons (Fsp3) is 0.333. The molecule has 2 rings (SSSR count). The molecule has 2 aromatic carbocycles. The molecule has 0 fully saturated rings. The second-order valence-corrected chi connectivity index (χ2v) is 5.78. The summed E-state index contributed by atoms with van der Waals surface area (Å²) in [6.07, 6.45) is 0.998.